The summed E-state index contributed by atoms with van der Waals surface area (Å²) in [6, 6.07) is 17.7. The van der Waals surface area contributed by atoms with Crippen molar-refractivity contribution < 1.29 is 28.4 Å². The Morgan fingerprint density at radius 3 is 2.14 bits per heavy atom. The van der Waals surface area contributed by atoms with Crippen molar-refractivity contribution in [2.45, 2.75) is 36.8 Å². The fourth-order valence-electron chi connectivity index (χ4n) is 3.95. The van der Waals surface area contributed by atoms with E-state index in [0.717, 1.165) is 16.9 Å². The Balaban J connectivity index is 1.56. The zero-order chi connectivity index (χ0) is 19.5. The molecule has 0 bridgehead atoms. The quantitative estimate of drug-likeness (QED) is 0.786. The van der Waals surface area contributed by atoms with Gasteiger partial charge in [0.2, 0.25) is 0 Å². The highest BCUT2D eigenvalue weighted by Gasteiger charge is 2.50. The molecule has 150 valence electrons. The molecule has 0 saturated carbocycles. The van der Waals surface area contributed by atoms with Gasteiger partial charge >= 0.3 is 0 Å². The standard InChI is InChI=1S/C22H26O6/c1-23-16-11-9-15(10-12-16)22-26-13-17-19(28-22)21(25-3)20(24-2)18(27-17)14-7-5-4-6-8-14/h4-12,17-22H,13H2,1-3H3/t17-,18+,19-,20+,21+,22-/m1/s1. The molecule has 2 fully saturated rings. The number of hydrogen-bond donors (Lipinski definition) is 0. The van der Waals surface area contributed by atoms with E-state index in [1.165, 1.54) is 0 Å². The van der Waals surface area contributed by atoms with Gasteiger partial charge in [-0.25, -0.2) is 0 Å². The summed E-state index contributed by atoms with van der Waals surface area (Å²) in [5.74, 6) is 0.790. The van der Waals surface area contributed by atoms with Gasteiger partial charge in [-0.05, 0) is 17.7 Å². The number of fused-ring (bicyclic) bond motifs is 1. The van der Waals surface area contributed by atoms with Gasteiger partial charge in [0.15, 0.2) is 6.29 Å². The van der Waals surface area contributed by atoms with E-state index in [4.69, 9.17) is 28.4 Å². The first-order valence-corrected chi connectivity index (χ1v) is 9.42. The van der Waals surface area contributed by atoms with Crippen molar-refractivity contribution in [2.75, 3.05) is 27.9 Å². The van der Waals surface area contributed by atoms with Crippen LogP contribution in [-0.4, -0.2) is 52.4 Å². The lowest BCUT2D eigenvalue weighted by molar-refractivity contribution is -0.334. The highest BCUT2D eigenvalue weighted by atomic mass is 16.7. The molecule has 0 amide bonds. The second kappa shape index (κ2) is 8.59. The summed E-state index contributed by atoms with van der Waals surface area (Å²) in [4.78, 5) is 0. The summed E-state index contributed by atoms with van der Waals surface area (Å²) >= 11 is 0. The highest BCUT2D eigenvalue weighted by molar-refractivity contribution is 5.28. The van der Waals surface area contributed by atoms with Gasteiger partial charge in [-0.1, -0.05) is 42.5 Å². The van der Waals surface area contributed by atoms with Crippen molar-refractivity contribution >= 4 is 0 Å². The van der Waals surface area contributed by atoms with Crippen LogP contribution in [0.4, 0.5) is 0 Å². The van der Waals surface area contributed by atoms with E-state index in [-0.39, 0.29) is 30.5 Å². The van der Waals surface area contributed by atoms with Crippen LogP contribution in [0, 0.1) is 0 Å². The van der Waals surface area contributed by atoms with Crippen LogP contribution in [0.3, 0.4) is 0 Å². The summed E-state index contributed by atoms with van der Waals surface area (Å²) in [6.45, 7) is 0.418. The summed E-state index contributed by atoms with van der Waals surface area (Å²) in [5.41, 5.74) is 1.97. The molecule has 6 nitrogen and oxygen atoms in total. The van der Waals surface area contributed by atoms with Crippen molar-refractivity contribution in [3.05, 3.63) is 65.7 Å². The molecule has 0 N–H and O–H groups in total. The van der Waals surface area contributed by atoms with Gasteiger partial charge in [-0.3, -0.25) is 0 Å². The van der Waals surface area contributed by atoms with Crippen LogP contribution >= 0.6 is 0 Å². The fraction of sp³-hybridized carbons (Fsp3) is 0.455. The Morgan fingerprint density at radius 1 is 0.786 bits per heavy atom. The molecule has 2 aliphatic rings. The largest absolute Gasteiger partial charge is 0.497 e. The molecule has 6 atom stereocenters. The van der Waals surface area contributed by atoms with Gasteiger partial charge in [-0.15, -0.1) is 0 Å². The molecule has 0 aliphatic carbocycles. The van der Waals surface area contributed by atoms with E-state index in [1.807, 2.05) is 54.6 Å². The third-order valence-corrected chi connectivity index (χ3v) is 5.39. The third kappa shape index (κ3) is 3.66. The van der Waals surface area contributed by atoms with Crippen LogP contribution in [0.5, 0.6) is 5.75 Å². The third-order valence-electron chi connectivity index (χ3n) is 5.39. The minimum Gasteiger partial charge on any atom is -0.497 e. The Hall–Kier alpha value is -1.96. The lowest BCUT2D eigenvalue weighted by atomic mass is 9.90. The minimum atomic E-state index is -0.487. The fourth-order valence-corrected chi connectivity index (χ4v) is 3.95. The Morgan fingerprint density at radius 2 is 1.50 bits per heavy atom. The number of hydrogen-bond acceptors (Lipinski definition) is 6. The predicted octanol–water partition coefficient (Wildman–Crippen LogP) is 3.28. The second-order valence-electron chi connectivity index (χ2n) is 6.95. The van der Waals surface area contributed by atoms with Gasteiger partial charge in [0, 0.05) is 19.8 Å². The SMILES string of the molecule is COc1ccc([C@@H]2OC[C@H]3O[C@@H](c4ccccc4)[C@H](OC)[C@@H](OC)[C@@H]3O2)cc1. The molecule has 2 aromatic rings. The van der Waals surface area contributed by atoms with E-state index in [1.54, 1.807) is 21.3 Å². The summed E-state index contributed by atoms with van der Waals surface area (Å²) in [6.07, 6.45) is -1.84. The molecule has 6 heteroatoms. The van der Waals surface area contributed by atoms with Crippen LogP contribution in [-0.2, 0) is 23.7 Å². The van der Waals surface area contributed by atoms with Crippen LogP contribution < -0.4 is 4.74 Å². The summed E-state index contributed by atoms with van der Waals surface area (Å²) < 4.78 is 35.4. The molecule has 0 aromatic heterocycles. The van der Waals surface area contributed by atoms with Gasteiger partial charge in [-0.2, -0.15) is 0 Å². The summed E-state index contributed by atoms with van der Waals surface area (Å²) in [7, 11) is 5.00. The van der Waals surface area contributed by atoms with Gasteiger partial charge in [0.25, 0.3) is 0 Å². The number of benzene rings is 2. The van der Waals surface area contributed by atoms with Gasteiger partial charge in [0.1, 0.15) is 36.3 Å². The molecule has 2 aromatic carbocycles. The van der Waals surface area contributed by atoms with E-state index in [0.29, 0.717) is 6.61 Å². The topological polar surface area (TPSA) is 55.4 Å². The zero-order valence-corrected chi connectivity index (χ0v) is 16.3. The van der Waals surface area contributed by atoms with Crippen LogP contribution in [0.2, 0.25) is 0 Å². The molecule has 2 saturated heterocycles. The minimum absolute atomic E-state index is 0.240. The lowest BCUT2D eigenvalue weighted by Gasteiger charge is -2.48. The molecule has 2 heterocycles. The smallest absolute Gasteiger partial charge is 0.184 e. The highest BCUT2D eigenvalue weighted by Crippen LogP contribution is 2.41. The van der Waals surface area contributed by atoms with Crippen LogP contribution in [0.15, 0.2) is 54.6 Å². The van der Waals surface area contributed by atoms with Crippen LogP contribution in [0.1, 0.15) is 23.5 Å². The first kappa shape index (κ1) is 19.4. The monoisotopic (exact) mass is 386 g/mol. The molecule has 28 heavy (non-hydrogen) atoms. The average molecular weight is 386 g/mol. The van der Waals surface area contributed by atoms with E-state index in [2.05, 4.69) is 0 Å². The second-order valence-corrected chi connectivity index (χ2v) is 6.95. The maximum Gasteiger partial charge on any atom is 0.184 e. The van der Waals surface area contributed by atoms with Crippen molar-refractivity contribution in [1.29, 1.82) is 0 Å². The Labute approximate surface area is 165 Å². The molecule has 2 aliphatic heterocycles. The molecule has 4 rings (SSSR count). The molecular formula is C22H26O6. The number of ether oxygens (including phenoxy) is 6. The molecule has 0 radical (unpaired) electrons. The summed E-state index contributed by atoms with van der Waals surface area (Å²) in [5, 5.41) is 0. The first-order valence-electron chi connectivity index (χ1n) is 9.42. The van der Waals surface area contributed by atoms with Crippen molar-refractivity contribution in [2.24, 2.45) is 0 Å². The predicted molar refractivity (Wildman–Crippen MR) is 102 cm³/mol. The van der Waals surface area contributed by atoms with Crippen molar-refractivity contribution in [1.82, 2.24) is 0 Å². The first-order chi connectivity index (χ1) is 13.7. The lowest BCUT2D eigenvalue weighted by Crippen LogP contribution is -2.60. The molecule has 0 spiro atoms. The van der Waals surface area contributed by atoms with Gasteiger partial charge in [0.05, 0.1) is 13.7 Å². The van der Waals surface area contributed by atoms with Crippen molar-refractivity contribution in [3.8, 4) is 5.75 Å². The van der Waals surface area contributed by atoms with Gasteiger partial charge < -0.3 is 28.4 Å². The molecular weight excluding hydrogens is 360 g/mol. The Kier molecular flexibility index (Phi) is 5.94. The molecule has 0 unspecified atom stereocenters. The maximum absolute atomic E-state index is 6.36. The number of rotatable bonds is 5. The van der Waals surface area contributed by atoms with Crippen LogP contribution in [0.25, 0.3) is 0 Å². The van der Waals surface area contributed by atoms with E-state index >= 15 is 0 Å². The normalized spacial score (nSPS) is 32.5. The van der Waals surface area contributed by atoms with Crippen molar-refractivity contribution in [3.63, 3.8) is 0 Å². The number of methoxy groups -OCH3 is 3. The van der Waals surface area contributed by atoms with E-state index in [9.17, 15) is 0 Å². The van der Waals surface area contributed by atoms with E-state index < -0.39 is 6.29 Å². The average Bonchev–Trinajstić information content (AvgIpc) is 2.78. The maximum atomic E-state index is 6.36. The zero-order valence-electron chi connectivity index (χ0n) is 16.3. The Bertz CT molecular complexity index is 749.